The molecule has 4 aromatic rings. The zero-order valence-electron chi connectivity index (χ0n) is 25.3. The van der Waals surface area contributed by atoms with Crippen LogP contribution < -0.4 is 15.1 Å². The first-order valence-electron chi connectivity index (χ1n) is 14.8. The summed E-state index contributed by atoms with van der Waals surface area (Å²) >= 11 is 3.71. The number of ether oxygens (including phenoxy) is 1. The largest absolute Gasteiger partial charge is 0.450 e. The topological polar surface area (TPSA) is 71.0 Å². The highest BCUT2D eigenvalue weighted by molar-refractivity contribution is 9.10. The molecule has 1 aliphatic rings. The van der Waals surface area contributed by atoms with Gasteiger partial charge in [0.2, 0.25) is 0 Å². The molecule has 1 fully saturated rings. The molecule has 1 N–H and O–H groups in total. The molecule has 1 heterocycles. The van der Waals surface area contributed by atoms with Gasteiger partial charge >= 0.3 is 6.09 Å². The van der Waals surface area contributed by atoms with Crippen molar-refractivity contribution >= 4 is 61.3 Å². The highest BCUT2D eigenvalue weighted by Crippen LogP contribution is 2.39. The van der Waals surface area contributed by atoms with E-state index in [1.54, 1.807) is 4.90 Å². The third-order valence-electron chi connectivity index (χ3n) is 8.21. The second-order valence-electron chi connectivity index (χ2n) is 12.0. The summed E-state index contributed by atoms with van der Waals surface area (Å²) in [5.41, 5.74) is 0. The second-order valence-corrected chi connectivity index (χ2v) is 19.4. The lowest BCUT2D eigenvalue weighted by Gasteiger charge is -2.41. The Kier molecular flexibility index (Phi) is 9.46. The molecule has 1 unspecified atom stereocenters. The summed E-state index contributed by atoms with van der Waals surface area (Å²) in [5.74, 6) is 0. The Morgan fingerprint density at radius 3 is 1.98 bits per heavy atom. The zero-order chi connectivity index (χ0) is 30.7. The van der Waals surface area contributed by atoms with Gasteiger partial charge in [-0.3, -0.25) is 0 Å². The third-order valence-corrected chi connectivity index (χ3v) is 17.1. The molecule has 0 aromatic heterocycles. The number of fused-ring (bicyclic) bond motifs is 1. The number of halogens is 1. The first-order valence-corrected chi connectivity index (χ1v) is 19.1. The van der Waals surface area contributed by atoms with Crippen molar-refractivity contribution < 1.29 is 13.7 Å². The molecule has 0 saturated carbocycles. The monoisotopic (exact) mass is 677 g/mol. The van der Waals surface area contributed by atoms with Gasteiger partial charge in [0.15, 0.2) is 0 Å². The lowest BCUT2D eigenvalue weighted by molar-refractivity contribution is 0.0966. The van der Waals surface area contributed by atoms with Crippen LogP contribution in [0, 0.1) is 0 Å². The number of hydrogen-bond acceptors (Lipinski definition) is 4. The fraction of sp³-hybridized carbons (Fsp3) is 0.324. The van der Waals surface area contributed by atoms with E-state index in [-0.39, 0.29) is 17.2 Å². The molecule has 0 bridgehead atoms. The Balaban J connectivity index is 1.76. The quantitative estimate of drug-likeness (QED) is 0.212. The molecule has 43 heavy (non-hydrogen) atoms. The van der Waals surface area contributed by atoms with E-state index in [0.29, 0.717) is 37.4 Å². The van der Waals surface area contributed by atoms with E-state index in [1.165, 1.54) is 0 Å². The summed E-state index contributed by atoms with van der Waals surface area (Å²) in [4.78, 5) is 14.8. The van der Waals surface area contributed by atoms with Gasteiger partial charge in [-0.25, -0.2) is 17.8 Å². The zero-order valence-corrected chi connectivity index (χ0v) is 28.7. The molecule has 0 spiro atoms. The Morgan fingerprint density at radius 1 is 0.907 bits per heavy atom. The van der Waals surface area contributed by atoms with Crippen LogP contribution in [0.1, 0.15) is 40.5 Å². The van der Waals surface area contributed by atoms with Crippen LogP contribution in [0.25, 0.3) is 10.8 Å². The second kappa shape index (κ2) is 12.9. The van der Waals surface area contributed by atoms with Crippen LogP contribution in [0.4, 0.5) is 4.79 Å². The predicted molar refractivity (Wildman–Crippen MR) is 183 cm³/mol. The van der Waals surface area contributed by atoms with Crippen molar-refractivity contribution in [3.63, 3.8) is 0 Å². The maximum atomic E-state index is 15.9. The fourth-order valence-electron chi connectivity index (χ4n) is 6.06. The number of nitrogens with one attached hydrogen (secondary N) is 1. The van der Waals surface area contributed by atoms with Gasteiger partial charge in [-0.2, -0.15) is 0 Å². The molecule has 1 atom stereocenters. The number of carbonyl (C=O) groups is 1. The van der Waals surface area contributed by atoms with E-state index in [4.69, 9.17) is 8.77 Å². The van der Waals surface area contributed by atoms with E-state index in [9.17, 15) is 4.79 Å². The molecule has 4 aromatic carbocycles. The predicted octanol–water partition coefficient (Wildman–Crippen LogP) is 7.11. The van der Waals surface area contributed by atoms with E-state index in [0.717, 1.165) is 25.6 Å². The number of nitrogens with zero attached hydrogens (tertiary/aromatic N) is 2. The van der Waals surface area contributed by atoms with Crippen molar-refractivity contribution in [3.05, 3.63) is 102 Å². The van der Waals surface area contributed by atoms with Gasteiger partial charge in [0.05, 0.1) is 11.5 Å². The van der Waals surface area contributed by atoms with E-state index in [1.807, 2.05) is 55.5 Å². The van der Waals surface area contributed by atoms with Crippen LogP contribution in [0.15, 0.2) is 110 Å². The molecule has 1 aliphatic heterocycles. The first-order chi connectivity index (χ1) is 20.6. The maximum Gasteiger partial charge on any atom is 0.409 e. The van der Waals surface area contributed by atoms with Gasteiger partial charge < -0.3 is 9.64 Å². The summed E-state index contributed by atoms with van der Waals surface area (Å²) in [7, 11) is -6.32. The van der Waals surface area contributed by atoms with Crippen molar-refractivity contribution in [2.75, 3.05) is 19.7 Å². The lowest BCUT2D eigenvalue weighted by atomic mass is 10.1. The highest BCUT2D eigenvalue weighted by Gasteiger charge is 2.50. The number of hydrogen-bond donors (Lipinski definition) is 1. The molecule has 1 amide bonds. The highest BCUT2D eigenvalue weighted by atomic mass is 79.9. The van der Waals surface area contributed by atoms with Crippen molar-refractivity contribution in [1.29, 1.82) is 0 Å². The molecule has 1 saturated heterocycles. The Hall–Kier alpha value is -2.98. The molecular formula is C34H40BrN3O3SSi. The minimum atomic E-state index is -3.21. The summed E-state index contributed by atoms with van der Waals surface area (Å²) < 4.78 is 31.5. The molecule has 0 radical (unpaired) electrons. The van der Waals surface area contributed by atoms with Crippen LogP contribution in [0.2, 0.25) is 5.04 Å². The van der Waals surface area contributed by atoms with Crippen LogP contribution in [-0.4, -0.2) is 49.2 Å². The van der Waals surface area contributed by atoms with E-state index >= 15 is 4.21 Å². The standard InChI is InChI=1S/C34H40BrN3O3SSi/c1-5-41-33(39)38-24-22-26(23-25-38)36-42(40,32-21-20-31(35)29-18-12-13-19-30(29)32)37-43(34(2,3)4,27-14-8-6-9-15-27)28-16-10-7-11-17-28/h6-21,26H,5,22-25H2,1-4H3,(H,36,37,40). The Morgan fingerprint density at radius 2 is 1.44 bits per heavy atom. The molecule has 0 aliphatic carbocycles. The van der Waals surface area contributed by atoms with Gasteiger partial charge in [0, 0.05) is 29.0 Å². The number of likely N-dealkylation sites (tertiary alicyclic amines) is 1. The molecular weight excluding hydrogens is 638 g/mol. The lowest BCUT2D eigenvalue weighted by Crippen LogP contribution is -2.64. The normalized spacial score (nSPS) is 16.1. The minimum absolute atomic E-state index is 0.0949. The first kappa shape index (κ1) is 31.4. The van der Waals surface area contributed by atoms with Crippen molar-refractivity contribution in [2.24, 2.45) is 4.03 Å². The van der Waals surface area contributed by atoms with E-state index in [2.05, 4.69) is 90.0 Å². The van der Waals surface area contributed by atoms with Gasteiger partial charge in [-0.05, 0) is 52.7 Å². The average Bonchev–Trinajstić information content (AvgIpc) is 3.01. The van der Waals surface area contributed by atoms with Crippen LogP contribution >= 0.6 is 15.9 Å². The van der Waals surface area contributed by atoms with Crippen molar-refractivity contribution in [3.8, 4) is 0 Å². The number of piperidine rings is 1. The van der Waals surface area contributed by atoms with Crippen LogP contribution in [0.3, 0.4) is 0 Å². The Labute approximate surface area is 265 Å². The third kappa shape index (κ3) is 6.31. The summed E-state index contributed by atoms with van der Waals surface area (Å²) in [6.07, 6.45) is 1.01. The van der Waals surface area contributed by atoms with Crippen molar-refractivity contribution in [2.45, 2.75) is 56.5 Å². The Bertz CT molecular complexity index is 1660. The summed E-state index contributed by atoms with van der Waals surface area (Å²) in [6, 6.07) is 32.7. The van der Waals surface area contributed by atoms with Gasteiger partial charge in [-0.15, -0.1) is 0 Å². The van der Waals surface area contributed by atoms with E-state index < -0.39 is 18.2 Å². The fourth-order valence-corrected chi connectivity index (χ4v) is 15.6. The van der Waals surface area contributed by atoms with Gasteiger partial charge in [-0.1, -0.05) is 122 Å². The number of carbonyl (C=O) groups excluding carboxylic acids is 1. The minimum Gasteiger partial charge on any atom is -0.450 e. The van der Waals surface area contributed by atoms with Crippen molar-refractivity contribution in [1.82, 2.24) is 9.62 Å². The average molecular weight is 679 g/mol. The smallest absolute Gasteiger partial charge is 0.409 e. The molecule has 6 nitrogen and oxygen atoms in total. The SMILES string of the molecule is CCOC(=O)N1CCC(NS(=O)(=N[Si](c2ccccc2)(c2ccccc2)C(C)(C)C)c2ccc(Br)c3ccccc23)CC1. The summed E-state index contributed by atoms with van der Waals surface area (Å²) in [6.45, 7) is 9.90. The molecule has 9 heteroatoms. The van der Waals surface area contributed by atoms with Gasteiger partial charge in [0.25, 0.3) is 8.24 Å². The molecule has 5 rings (SSSR count). The number of amides is 1. The summed E-state index contributed by atoms with van der Waals surface area (Å²) in [5, 5.41) is 3.80. The number of benzene rings is 4. The van der Waals surface area contributed by atoms with Crippen LogP contribution in [0.5, 0.6) is 0 Å². The van der Waals surface area contributed by atoms with Crippen LogP contribution in [-0.2, 0) is 14.7 Å². The molecule has 226 valence electrons. The van der Waals surface area contributed by atoms with Gasteiger partial charge in [0.1, 0.15) is 9.92 Å². The number of rotatable bonds is 7. The maximum absolute atomic E-state index is 15.9.